The maximum absolute atomic E-state index is 10.5. The molecule has 62 valence electrons. The first-order valence-electron chi connectivity index (χ1n) is 3.27. The van der Waals surface area contributed by atoms with E-state index < -0.39 is 9.84 Å². The third-order valence-corrected chi connectivity index (χ3v) is 2.17. The second-order valence-electron chi connectivity index (χ2n) is 2.62. The predicted octanol–water partition coefficient (Wildman–Crippen LogP) is 0.192. The van der Waals surface area contributed by atoms with Crippen LogP contribution in [0.2, 0.25) is 0 Å². The minimum absolute atomic E-state index is 0.178. The molecule has 1 N–H and O–H groups in total. The Kier molecular flexibility index (Phi) is 3.89. The molecule has 0 saturated carbocycles. The van der Waals surface area contributed by atoms with E-state index in [0.29, 0.717) is 12.8 Å². The molecule has 0 aromatic heterocycles. The highest BCUT2D eigenvalue weighted by molar-refractivity contribution is 7.90. The summed E-state index contributed by atoms with van der Waals surface area (Å²) in [5.74, 6) is 0.178. The molecule has 0 aliphatic heterocycles. The minimum Gasteiger partial charge on any atom is -0.393 e. The molecule has 0 radical (unpaired) electrons. The lowest BCUT2D eigenvalue weighted by atomic mass is 10.2. The summed E-state index contributed by atoms with van der Waals surface area (Å²) in [7, 11) is -2.83. The molecule has 0 aliphatic carbocycles. The van der Waals surface area contributed by atoms with Gasteiger partial charge in [0, 0.05) is 12.0 Å². The van der Waals surface area contributed by atoms with E-state index >= 15 is 0 Å². The van der Waals surface area contributed by atoms with Crippen molar-refractivity contribution in [3.63, 3.8) is 0 Å². The zero-order valence-electron chi connectivity index (χ0n) is 6.37. The fraction of sp³-hybridized carbons (Fsp3) is 1.00. The summed E-state index contributed by atoms with van der Waals surface area (Å²) in [6.07, 6.45) is 1.93. The predicted molar refractivity (Wildman–Crippen MR) is 40.6 cm³/mol. The van der Waals surface area contributed by atoms with Crippen LogP contribution in [0.5, 0.6) is 0 Å². The van der Waals surface area contributed by atoms with Gasteiger partial charge in [0.2, 0.25) is 0 Å². The SMILES string of the molecule is C[C@@H](O)CCCS(C)(=O)=O. The summed E-state index contributed by atoms with van der Waals surface area (Å²) in [6.45, 7) is 1.66. The van der Waals surface area contributed by atoms with Crippen molar-refractivity contribution in [2.45, 2.75) is 25.9 Å². The van der Waals surface area contributed by atoms with E-state index in [4.69, 9.17) is 5.11 Å². The molecule has 0 heterocycles. The topological polar surface area (TPSA) is 54.4 Å². The summed E-state index contributed by atoms with van der Waals surface area (Å²) in [5.41, 5.74) is 0. The van der Waals surface area contributed by atoms with Crippen molar-refractivity contribution in [2.24, 2.45) is 0 Å². The van der Waals surface area contributed by atoms with Gasteiger partial charge in [0.1, 0.15) is 9.84 Å². The van der Waals surface area contributed by atoms with E-state index in [-0.39, 0.29) is 11.9 Å². The van der Waals surface area contributed by atoms with Crippen molar-refractivity contribution in [2.75, 3.05) is 12.0 Å². The average molecular weight is 166 g/mol. The van der Waals surface area contributed by atoms with Gasteiger partial charge in [-0.1, -0.05) is 0 Å². The van der Waals surface area contributed by atoms with Gasteiger partial charge in [0.25, 0.3) is 0 Å². The Labute approximate surface area is 62.0 Å². The Morgan fingerprint density at radius 1 is 1.50 bits per heavy atom. The Morgan fingerprint density at radius 3 is 2.30 bits per heavy atom. The molecule has 10 heavy (non-hydrogen) atoms. The van der Waals surface area contributed by atoms with E-state index in [1.54, 1.807) is 6.92 Å². The molecule has 0 aliphatic rings. The van der Waals surface area contributed by atoms with Gasteiger partial charge in [-0.2, -0.15) is 0 Å². The minimum atomic E-state index is -2.83. The van der Waals surface area contributed by atoms with E-state index in [1.165, 1.54) is 6.26 Å². The van der Waals surface area contributed by atoms with Crippen LogP contribution in [0.4, 0.5) is 0 Å². The van der Waals surface area contributed by atoms with Crippen molar-refractivity contribution in [1.82, 2.24) is 0 Å². The first kappa shape index (κ1) is 9.91. The largest absolute Gasteiger partial charge is 0.393 e. The summed E-state index contributed by atoms with van der Waals surface area (Å²) in [6, 6.07) is 0. The average Bonchev–Trinajstić information content (AvgIpc) is 1.59. The lowest BCUT2D eigenvalue weighted by molar-refractivity contribution is 0.184. The fourth-order valence-electron chi connectivity index (χ4n) is 0.641. The Morgan fingerprint density at radius 2 is 2.00 bits per heavy atom. The molecule has 0 unspecified atom stereocenters. The van der Waals surface area contributed by atoms with E-state index in [1.807, 2.05) is 0 Å². The smallest absolute Gasteiger partial charge is 0.147 e. The first-order valence-corrected chi connectivity index (χ1v) is 5.33. The lowest BCUT2D eigenvalue weighted by Gasteiger charge is -2.01. The van der Waals surface area contributed by atoms with Crippen LogP contribution in [0, 0.1) is 0 Å². The van der Waals surface area contributed by atoms with Crippen molar-refractivity contribution in [3.05, 3.63) is 0 Å². The molecule has 0 amide bonds. The van der Waals surface area contributed by atoms with Gasteiger partial charge in [-0.15, -0.1) is 0 Å². The van der Waals surface area contributed by atoms with Crippen molar-refractivity contribution >= 4 is 9.84 Å². The zero-order valence-corrected chi connectivity index (χ0v) is 7.19. The monoisotopic (exact) mass is 166 g/mol. The normalized spacial score (nSPS) is 15.1. The van der Waals surface area contributed by atoms with E-state index in [2.05, 4.69) is 0 Å². The Balaban J connectivity index is 3.39. The maximum Gasteiger partial charge on any atom is 0.147 e. The highest BCUT2D eigenvalue weighted by Crippen LogP contribution is 1.97. The summed E-state index contributed by atoms with van der Waals surface area (Å²) in [5, 5.41) is 8.75. The molecule has 0 saturated heterocycles. The van der Waals surface area contributed by atoms with Gasteiger partial charge in [-0.3, -0.25) is 0 Å². The quantitative estimate of drug-likeness (QED) is 0.648. The number of sulfone groups is 1. The number of hydrogen-bond donors (Lipinski definition) is 1. The van der Waals surface area contributed by atoms with Gasteiger partial charge in [-0.25, -0.2) is 8.42 Å². The van der Waals surface area contributed by atoms with Crippen LogP contribution >= 0.6 is 0 Å². The van der Waals surface area contributed by atoms with E-state index in [0.717, 1.165) is 0 Å². The van der Waals surface area contributed by atoms with Crippen LogP contribution in [0.1, 0.15) is 19.8 Å². The van der Waals surface area contributed by atoms with Gasteiger partial charge >= 0.3 is 0 Å². The van der Waals surface area contributed by atoms with Crippen LogP contribution in [-0.2, 0) is 9.84 Å². The molecule has 0 rings (SSSR count). The number of aliphatic hydroxyl groups is 1. The van der Waals surface area contributed by atoms with Gasteiger partial charge in [0.05, 0.1) is 6.10 Å². The fourth-order valence-corrected chi connectivity index (χ4v) is 1.33. The molecule has 0 fully saturated rings. The van der Waals surface area contributed by atoms with Crippen LogP contribution in [0.3, 0.4) is 0 Å². The molecule has 3 nitrogen and oxygen atoms in total. The highest BCUT2D eigenvalue weighted by atomic mass is 32.2. The summed E-state index contributed by atoms with van der Waals surface area (Å²) in [4.78, 5) is 0. The van der Waals surface area contributed by atoms with Crippen LogP contribution in [0.25, 0.3) is 0 Å². The van der Waals surface area contributed by atoms with Gasteiger partial charge < -0.3 is 5.11 Å². The molecular formula is C6H14O3S. The summed E-state index contributed by atoms with van der Waals surface area (Å²) >= 11 is 0. The lowest BCUT2D eigenvalue weighted by Crippen LogP contribution is -2.06. The molecule has 1 atom stereocenters. The standard InChI is InChI=1S/C6H14O3S/c1-6(7)4-3-5-10(2,8)9/h6-7H,3-5H2,1-2H3/t6-/m1/s1. The molecular weight excluding hydrogens is 152 g/mol. The van der Waals surface area contributed by atoms with Crippen molar-refractivity contribution < 1.29 is 13.5 Å². The number of hydrogen-bond acceptors (Lipinski definition) is 3. The van der Waals surface area contributed by atoms with Gasteiger partial charge in [0.15, 0.2) is 0 Å². The van der Waals surface area contributed by atoms with Crippen molar-refractivity contribution in [3.8, 4) is 0 Å². The van der Waals surface area contributed by atoms with Crippen LogP contribution in [0.15, 0.2) is 0 Å². The van der Waals surface area contributed by atoms with Crippen LogP contribution < -0.4 is 0 Å². The molecule has 0 aromatic rings. The molecule has 4 heteroatoms. The molecule has 0 spiro atoms. The molecule has 0 aromatic carbocycles. The van der Waals surface area contributed by atoms with Crippen molar-refractivity contribution in [1.29, 1.82) is 0 Å². The number of aliphatic hydroxyl groups excluding tert-OH is 1. The third-order valence-electron chi connectivity index (χ3n) is 1.14. The first-order chi connectivity index (χ1) is 4.42. The van der Waals surface area contributed by atoms with Gasteiger partial charge in [-0.05, 0) is 19.8 Å². The van der Waals surface area contributed by atoms with Crippen LogP contribution in [-0.4, -0.2) is 31.6 Å². The second kappa shape index (κ2) is 3.93. The summed E-state index contributed by atoms with van der Waals surface area (Å²) < 4.78 is 21.1. The second-order valence-corrected chi connectivity index (χ2v) is 4.88. The third kappa shape index (κ3) is 7.91. The highest BCUT2D eigenvalue weighted by Gasteiger charge is 2.02. The Hall–Kier alpha value is -0.0900. The zero-order chi connectivity index (χ0) is 8.20. The number of rotatable bonds is 4. The molecule has 0 bridgehead atoms. The Bertz CT molecular complexity index is 169. The maximum atomic E-state index is 10.5. The van der Waals surface area contributed by atoms with E-state index in [9.17, 15) is 8.42 Å².